The lowest BCUT2D eigenvalue weighted by molar-refractivity contribution is -0.131. The lowest BCUT2D eigenvalue weighted by atomic mass is 10.1. The summed E-state index contributed by atoms with van der Waals surface area (Å²) in [6, 6.07) is 7.81. The molecule has 5 nitrogen and oxygen atoms in total. The molecule has 1 aromatic heterocycles. The van der Waals surface area contributed by atoms with E-state index in [0.29, 0.717) is 18.7 Å². The number of anilines is 1. The Morgan fingerprint density at radius 1 is 1.07 bits per heavy atom. The molecule has 0 saturated carbocycles. The Bertz CT molecular complexity index is 741. The summed E-state index contributed by atoms with van der Waals surface area (Å²) in [4.78, 5) is 21.3. The van der Waals surface area contributed by atoms with Gasteiger partial charge in [0, 0.05) is 55.6 Å². The molecule has 0 bridgehead atoms. The average molecular weight is 421 g/mol. The van der Waals surface area contributed by atoms with Crippen LogP contribution in [0.2, 0.25) is 5.02 Å². The van der Waals surface area contributed by atoms with Crippen molar-refractivity contribution in [3.63, 3.8) is 0 Å². The number of benzene rings is 1. The van der Waals surface area contributed by atoms with Crippen molar-refractivity contribution in [1.29, 1.82) is 0 Å². The number of hydrogen-bond donors (Lipinski definition) is 0. The Morgan fingerprint density at radius 3 is 2.50 bits per heavy atom. The molecule has 1 saturated heterocycles. The van der Waals surface area contributed by atoms with Crippen LogP contribution in [0, 0.1) is 0 Å². The topological polar surface area (TPSA) is 49.3 Å². The van der Waals surface area contributed by atoms with Crippen LogP contribution in [0.4, 0.5) is 5.13 Å². The molecule has 1 fully saturated rings. The summed E-state index contributed by atoms with van der Waals surface area (Å²) < 4.78 is 4.50. The number of nitrogens with zero attached hydrogens (tertiary/aromatic N) is 4. The van der Waals surface area contributed by atoms with Crippen molar-refractivity contribution in [2.45, 2.75) is 51.9 Å². The van der Waals surface area contributed by atoms with E-state index >= 15 is 0 Å². The molecule has 2 aromatic rings. The van der Waals surface area contributed by atoms with E-state index in [2.05, 4.69) is 16.2 Å². The van der Waals surface area contributed by atoms with Gasteiger partial charge in [0.1, 0.15) is 5.82 Å². The number of carbonyl (C=O) groups is 1. The molecule has 0 unspecified atom stereocenters. The van der Waals surface area contributed by atoms with Crippen molar-refractivity contribution in [2.24, 2.45) is 0 Å². The fraction of sp³-hybridized carbons (Fsp3) is 0.571. The lowest BCUT2D eigenvalue weighted by Crippen LogP contribution is -2.48. The maximum atomic E-state index is 12.4. The summed E-state index contributed by atoms with van der Waals surface area (Å²) >= 11 is 7.38. The van der Waals surface area contributed by atoms with Gasteiger partial charge in [0.15, 0.2) is 0 Å². The summed E-state index contributed by atoms with van der Waals surface area (Å²) in [6.07, 6.45) is 7.34. The monoisotopic (exact) mass is 420 g/mol. The highest BCUT2D eigenvalue weighted by molar-refractivity contribution is 7.09. The maximum absolute atomic E-state index is 12.4. The first kappa shape index (κ1) is 21.1. The molecule has 1 aliphatic heterocycles. The van der Waals surface area contributed by atoms with Gasteiger partial charge in [-0.1, -0.05) is 56.3 Å². The molecule has 1 aromatic carbocycles. The van der Waals surface area contributed by atoms with E-state index in [-0.39, 0.29) is 0 Å². The van der Waals surface area contributed by atoms with E-state index in [1.165, 1.54) is 37.2 Å². The zero-order chi connectivity index (χ0) is 19.8. The van der Waals surface area contributed by atoms with E-state index in [9.17, 15) is 4.79 Å². The smallest absolute Gasteiger partial charge is 0.222 e. The van der Waals surface area contributed by atoms with Crippen LogP contribution in [0.1, 0.15) is 56.8 Å². The van der Waals surface area contributed by atoms with Crippen molar-refractivity contribution in [3.05, 3.63) is 40.7 Å². The van der Waals surface area contributed by atoms with Gasteiger partial charge >= 0.3 is 0 Å². The third kappa shape index (κ3) is 6.17. The van der Waals surface area contributed by atoms with Crippen LogP contribution in [0.15, 0.2) is 24.3 Å². The largest absolute Gasteiger partial charge is 0.343 e. The van der Waals surface area contributed by atoms with Gasteiger partial charge in [0.2, 0.25) is 11.0 Å². The predicted octanol–water partition coefficient (Wildman–Crippen LogP) is 4.79. The molecule has 152 valence electrons. The number of amides is 1. The number of carbonyl (C=O) groups excluding carboxylic acids is 1. The minimum Gasteiger partial charge on any atom is -0.343 e. The quantitative estimate of drug-likeness (QED) is 0.547. The van der Waals surface area contributed by atoms with Crippen LogP contribution in [0.25, 0.3) is 0 Å². The minimum atomic E-state index is 0.303. The molecular weight excluding hydrogens is 392 g/mol. The summed E-state index contributed by atoms with van der Waals surface area (Å²) in [7, 11) is 0. The van der Waals surface area contributed by atoms with Gasteiger partial charge in [0.05, 0.1) is 0 Å². The highest BCUT2D eigenvalue weighted by Gasteiger charge is 2.23. The number of rotatable bonds is 9. The minimum absolute atomic E-state index is 0.303. The van der Waals surface area contributed by atoms with Gasteiger partial charge < -0.3 is 9.80 Å². The second-order valence-corrected chi connectivity index (χ2v) is 8.50. The van der Waals surface area contributed by atoms with Crippen LogP contribution < -0.4 is 4.90 Å². The Hall–Kier alpha value is -1.66. The molecule has 0 N–H and O–H groups in total. The van der Waals surface area contributed by atoms with Crippen LogP contribution >= 0.6 is 23.1 Å². The fourth-order valence-electron chi connectivity index (χ4n) is 3.41. The molecule has 0 spiro atoms. The predicted molar refractivity (Wildman–Crippen MR) is 116 cm³/mol. The molecule has 7 heteroatoms. The van der Waals surface area contributed by atoms with Crippen molar-refractivity contribution >= 4 is 34.2 Å². The summed E-state index contributed by atoms with van der Waals surface area (Å²) in [5.74, 6) is 1.14. The number of hydrogen-bond acceptors (Lipinski definition) is 5. The molecule has 0 radical (unpaired) electrons. The van der Waals surface area contributed by atoms with E-state index < -0.39 is 0 Å². The van der Waals surface area contributed by atoms with Gasteiger partial charge in [-0.3, -0.25) is 4.79 Å². The van der Waals surface area contributed by atoms with Crippen molar-refractivity contribution in [2.75, 3.05) is 31.1 Å². The van der Waals surface area contributed by atoms with E-state index in [1.807, 2.05) is 29.2 Å². The van der Waals surface area contributed by atoms with Crippen LogP contribution in [-0.4, -0.2) is 46.3 Å². The zero-order valence-corrected chi connectivity index (χ0v) is 18.1. The third-order valence-electron chi connectivity index (χ3n) is 5.13. The molecule has 1 aliphatic rings. The first-order valence-electron chi connectivity index (χ1n) is 10.3. The first-order chi connectivity index (χ1) is 13.7. The molecule has 0 atom stereocenters. The van der Waals surface area contributed by atoms with Crippen LogP contribution in [0.3, 0.4) is 0 Å². The Morgan fingerprint density at radius 2 is 1.79 bits per heavy atom. The van der Waals surface area contributed by atoms with Gasteiger partial charge in [-0.05, 0) is 24.1 Å². The van der Waals surface area contributed by atoms with Crippen LogP contribution in [-0.2, 0) is 11.2 Å². The molecule has 1 amide bonds. The second-order valence-electron chi connectivity index (χ2n) is 7.33. The SMILES string of the molecule is CCCCCCCC(=O)N1CCN(c2nc(Cc3ccc(Cl)cc3)ns2)CC1. The number of piperazine rings is 1. The van der Waals surface area contributed by atoms with E-state index in [4.69, 9.17) is 16.6 Å². The highest BCUT2D eigenvalue weighted by Crippen LogP contribution is 2.21. The average Bonchev–Trinajstić information content (AvgIpc) is 3.18. The molecule has 0 aliphatic carbocycles. The summed E-state index contributed by atoms with van der Waals surface area (Å²) in [6.45, 7) is 5.43. The zero-order valence-electron chi connectivity index (χ0n) is 16.6. The van der Waals surface area contributed by atoms with Crippen molar-refractivity contribution in [1.82, 2.24) is 14.3 Å². The van der Waals surface area contributed by atoms with E-state index in [1.54, 1.807) is 0 Å². The second kappa shape index (κ2) is 10.8. The Balaban J connectivity index is 1.43. The standard InChI is InChI=1S/C21H29ClN4OS/c1-2-3-4-5-6-7-20(27)25-12-14-26(15-13-25)21-23-19(24-28-21)16-17-8-10-18(22)11-9-17/h8-11H,2-7,12-16H2,1H3. The third-order valence-corrected chi connectivity index (χ3v) is 6.20. The highest BCUT2D eigenvalue weighted by atomic mass is 35.5. The molecule has 28 heavy (non-hydrogen) atoms. The molecular formula is C21H29ClN4OS. The van der Waals surface area contributed by atoms with E-state index in [0.717, 1.165) is 54.1 Å². The number of aromatic nitrogens is 2. The first-order valence-corrected chi connectivity index (χ1v) is 11.4. The van der Waals surface area contributed by atoms with Gasteiger partial charge in [0.25, 0.3) is 0 Å². The van der Waals surface area contributed by atoms with Crippen LogP contribution in [0.5, 0.6) is 0 Å². The number of unbranched alkanes of at least 4 members (excludes halogenated alkanes) is 4. The normalized spacial score (nSPS) is 14.5. The Labute approximate surface area is 176 Å². The summed E-state index contributed by atoms with van der Waals surface area (Å²) in [5, 5.41) is 1.69. The van der Waals surface area contributed by atoms with Crippen molar-refractivity contribution < 1.29 is 4.79 Å². The van der Waals surface area contributed by atoms with Gasteiger partial charge in [-0.25, -0.2) is 4.98 Å². The van der Waals surface area contributed by atoms with Gasteiger partial charge in [-0.15, -0.1) is 0 Å². The van der Waals surface area contributed by atoms with Crippen molar-refractivity contribution in [3.8, 4) is 0 Å². The summed E-state index contributed by atoms with van der Waals surface area (Å²) in [5.41, 5.74) is 1.16. The fourth-order valence-corrected chi connectivity index (χ4v) is 4.28. The molecule has 3 rings (SSSR count). The maximum Gasteiger partial charge on any atom is 0.222 e. The lowest BCUT2D eigenvalue weighted by Gasteiger charge is -2.34. The van der Waals surface area contributed by atoms with Gasteiger partial charge in [-0.2, -0.15) is 4.37 Å². The Kier molecular flexibility index (Phi) is 8.10. The molecule has 2 heterocycles. The number of halogens is 1.